The highest BCUT2D eigenvalue weighted by atomic mass is 35.5. The van der Waals surface area contributed by atoms with E-state index in [1.807, 2.05) is 36.4 Å². The van der Waals surface area contributed by atoms with E-state index in [0.29, 0.717) is 30.3 Å². The van der Waals surface area contributed by atoms with Gasteiger partial charge in [-0.25, -0.2) is 5.84 Å². The number of hydrogen-bond donors (Lipinski definition) is 4. The Hall–Kier alpha value is -2.45. The van der Waals surface area contributed by atoms with E-state index in [0.717, 1.165) is 23.3 Å². The Bertz CT molecular complexity index is 886. The van der Waals surface area contributed by atoms with E-state index >= 15 is 0 Å². The summed E-state index contributed by atoms with van der Waals surface area (Å²) in [6.45, 7) is 7.16. The van der Waals surface area contributed by atoms with Gasteiger partial charge in [0.2, 0.25) is 0 Å². The van der Waals surface area contributed by atoms with E-state index in [9.17, 15) is 5.11 Å². The Morgan fingerprint density at radius 2 is 1.55 bits per heavy atom. The van der Waals surface area contributed by atoms with E-state index in [4.69, 9.17) is 37.8 Å². The number of hydrogen-bond acceptors (Lipinski definition) is 7. The first-order valence-electron chi connectivity index (χ1n) is 11.0. The predicted molar refractivity (Wildman–Crippen MR) is 132 cm³/mol. The van der Waals surface area contributed by atoms with Crippen molar-refractivity contribution in [3.63, 3.8) is 0 Å². The monoisotopic (exact) mass is 477 g/mol. The van der Waals surface area contributed by atoms with Crippen LogP contribution in [0.1, 0.15) is 38.3 Å². The van der Waals surface area contributed by atoms with Gasteiger partial charge >= 0.3 is 0 Å². The molecule has 6 N–H and O–H groups in total. The maximum Gasteiger partial charge on any atom is 0.119 e. The number of aliphatic hydroxyl groups excluding tert-OH is 2. The van der Waals surface area contributed by atoms with Crippen LogP contribution in [0, 0.1) is 0 Å². The lowest BCUT2D eigenvalue weighted by Crippen LogP contribution is -2.33. The maximum atomic E-state index is 9.53. The minimum absolute atomic E-state index is 0.146. The molecule has 0 saturated heterocycles. The molecule has 0 aliphatic rings. The predicted octanol–water partition coefficient (Wildman–Crippen LogP) is 3.12. The molecule has 0 fully saturated rings. The molecule has 0 aliphatic heterocycles. The average Bonchev–Trinajstić information content (AvgIpc) is 2.84. The lowest BCUT2D eigenvalue weighted by atomic mass is 9.78. The van der Waals surface area contributed by atoms with Gasteiger partial charge in [0.05, 0.1) is 24.8 Å². The van der Waals surface area contributed by atoms with Gasteiger partial charge in [0, 0.05) is 24.1 Å². The number of halogens is 1. The highest BCUT2D eigenvalue weighted by Crippen LogP contribution is 2.33. The van der Waals surface area contributed by atoms with Crippen molar-refractivity contribution in [1.29, 1.82) is 0 Å². The van der Waals surface area contributed by atoms with Crippen LogP contribution in [0.4, 0.5) is 0 Å². The first-order chi connectivity index (χ1) is 15.7. The lowest BCUT2D eigenvalue weighted by molar-refractivity contribution is 0.125. The minimum atomic E-state index is -0.677. The van der Waals surface area contributed by atoms with Crippen LogP contribution in [-0.4, -0.2) is 53.6 Å². The number of ether oxygens (including phenoxy) is 2. The van der Waals surface area contributed by atoms with Crippen molar-refractivity contribution in [3.05, 3.63) is 71.1 Å². The zero-order valence-corrected chi connectivity index (χ0v) is 20.4. The van der Waals surface area contributed by atoms with Crippen molar-refractivity contribution in [2.24, 2.45) is 11.6 Å². The van der Waals surface area contributed by atoms with E-state index in [1.165, 1.54) is 5.01 Å². The standard InChI is InChI=1S/C25H36ClN3O4/c1-18(24(27)16-30)29(28)13-4-14-32-22-9-5-19(6-10-22)25(2,3)20-7-11-23(12-8-20)33-17-21(31)15-26/h5-12,21,30-31H,4,13-17,27-28H2,1-3H3/b24-18-/t21-/m0/s1. The topological polar surface area (TPSA) is 114 Å². The van der Waals surface area contributed by atoms with Crippen molar-refractivity contribution in [2.75, 3.05) is 32.2 Å². The van der Waals surface area contributed by atoms with Gasteiger partial charge in [-0.2, -0.15) is 0 Å². The van der Waals surface area contributed by atoms with Crippen LogP contribution in [0.5, 0.6) is 11.5 Å². The molecule has 0 amide bonds. The summed E-state index contributed by atoms with van der Waals surface area (Å²) in [6, 6.07) is 16.0. The van der Waals surface area contributed by atoms with Gasteiger partial charge in [-0.3, -0.25) is 0 Å². The summed E-state index contributed by atoms with van der Waals surface area (Å²) in [5, 5.41) is 20.1. The van der Waals surface area contributed by atoms with Gasteiger partial charge in [0.15, 0.2) is 0 Å². The number of benzene rings is 2. The molecule has 33 heavy (non-hydrogen) atoms. The molecule has 0 unspecified atom stereocenters. The molecule has 0 spiro atoms. The quantitative estimate of drug-likeness (QED) is 0.152. The Balaban J connectivity index is 1.90. The molecular weight excluding hydrogens is 442 g/mol. The average molecular weight is 478 g/mol. The number of nitrogens with zero attached hydrogens (tertiary/aromatic N) is 1. The molecule has 0 heterocycles. The third-order valence-corrected chi connectivity index (χ3v) is 6.01. The number of nitrogens with two attached hydrogens (primary N) is 2. The second-order valence-electron chi connectivity index (χ2n) is 8.46. The first-order valence-corrected chi connectivity index (χ1v) is 11.5. The SMILES string of the molecule is C/C(=C(/N)CO)N(N)CCCOc1ccc(C(C)(C)c2ccc(OC[C@@H](O)CCl)cc2)cc1. The lowest BCUT2D eigenvalue weighted by Gasteiger charge is -2.26. The molecule has 0 bridgehead atoms. The summed E-state index contributed by atoms with van der Waals surface area (Å²) < 4.78 is 11.4. The normalized spacial score (nSPS) is 13.3. The van der Waals surface area contributed by atoms with Crippen LogP contribution >= 0.6 is 11.6 Å². The third-order valence-electron chi connectivity index (χ3n) is 5.65. The number of aliphatic hydroxyl groups is 2. The van der Waals surface area contributed by atoms with Crippen molar-refractivity contribution < 1.29 is 19.7 Å². The molecule has 182 valence electrons. The fourth-order valence-corrected chi connectivity index (χ4v) is 3.32. The summed E-state index contributed by atoms with van der Waals surface area (Å²) >= 11 is 5.60. The Labute approximate surface area is 201 Å². The molecule has 0 radical (unpaired) electrons. The van der Waals surface area contributed by atoms with Crippen LogP contribution in [0.3, 0.4) is 0 Å². The minimum Gasteiger partial charge on any atom is -0.494 e. The van der Waals surface area contributed by atoms with E-state index in [1.54, 1.807) is 6.92 Å². The molecule has 2 aromatic carbocycles. The smallest absolute Gasteiger partial charge is 0.119 e. The van der Waals surface area contributed by atoms with E-state index in [-0.39, 0.29) is 24.5 Å². The fraction of sp³-hybridized carbons (Fsp3) is 0.440. The second-order valence-corrected chi connectivity index (χ2v) is 8.77. The number of rotatable bonds is 13. The molecule has 2 aromatic rings. The molecule has 7 nitrogen and oxygen atoms in total. The number of alkyl halides is 1. The molecular formula is C25H36ClN3O4. The zero-order valence-electron chi connectivity index (χ0n) is 19.6. The van der Waals surface area contributed by atoms with Crippen molar-refractivity contribution in [2.45, 2.75) is 38.7 Å². The Morgan fingerprint density at radius 1 is 1.03 bits per heavy atom. The molecule has 0 aromatic heterocycles. The highest BCUT2D eigenvalue weighted by molar-refractivity contribution is 6.18. The number of allylic oxidation sites excluding steroid dienone is 1. The van der Waals surface area contributed by atoms with Gasteiger partial charge < -0.3 is 30.4 Å². The molecule has 0 aliphatic carbocycles. The van der Waals surface area contributed by atoms with Gasteiger partial charge in [0.1, 0.15) is 24.2 Å². The van der Waals surface area contributed by atoms with Gasteiger partial charge in [-0.05, 0) is 42.3 Å². The van der Waals surface area contributed by atoms with Gasteiger partial charge in [-0.15, -0.1) is 11.6 Å². The summed E-state index contributed by atoms with van der Waals surface area (Å²) in [5.41, 5.74) is 8.83. The van der Waals surface area contributed by atoms with Gasteiger partial charge in [0.25, 0.3) is 0 Å². The summed E-state index contributed by atoms with van der Waals surface area (Å²) in [4.78, 5) is 0. The summed E-state index contributed by atoms with van der Waals surface area (Å²) in [6.07, 6.45) is 0.0413. The van der Waals surface area contributed by atoms with Crippen molar-refractivity contribution in [1.82, 2.24) is 5.01 Å². The fourth-order valence-electron chi connectivity index (χ4n) is 3.23. The largest absolute Gasteiger partial charge is 0.494 e. The molecule has 8 heteroatoms. The van der Waals surface area contributed by atoms with Crippen LogP contribution in [0.15, 0.2) is 59.9 Å². The molecule has 2 rings (SSSR count). The van der Waals surface area contributed by atoms with Crippen LogP contribution in [-0.2, 0) is 5.41 Å². The van der Waals surface area contributed by atoms with E-state index in [2.05, 4.69) is 26.0 Å². The van der Waals surface area contributed by atoms with E-state index < -0.39 is 6.10 Å². The highest BCUT2D eigenvalue weighted by Gasteiger charge is 2.23. The summed E-state index contributed by atoms with van der Waals surface area (Å²) in [5.74, 6) is 7.58. The van der Waals surface area contributed by atoms with Crippen LogP contribution in [0.2, 0.25) is 0 Å². The maximum absolute atomic E-state index is 9.53. The Morgan fingerprint density at radius 3 is 2.03 bits per heavy atom. The first kappa shape index (κ1) is 26.8. The molecule has 0 saturated carbocycles. The van der Waals surface area contributed by atoms with Crippen LogP contribution < -0.4 is 21.1 Å². The Kier molecular flexibility index (Phi) is 10.3. The van der Waals surface area contributed by atoms with Crippen molar-refractivity contribution >= 4 is 11.6 Å². The van der Waals surface area contributed by atoms with Crippen LogP contribution in [0.25, 0.3) is 0 Å². The zero-order chi connectivity index (χ0) is 24.4. The second kappa shape index (κ2) is 12.7. The third kappa shape index (κ3) is 7.82. The van der Waals surface area contributed by atoms with Gasteiger partial charge in [-0.1, -0.05) is 38.1 Å². The molecule has 1 atom stereocenters. The van der Waals surface area contributed by atoms with Crippen molar-refractivity contribution in [3.8, 4) is 11.5 Å². The number of hydrazine groups is 1. The summed E-state index contributed by atoms with van der Waals surface area (Å²) in [7, 11) is 0.